The molecule has 0 atom stereocenters. The summed E-state index contributed by atoms with van der Waals surface area (Å²) in [7, 11) is 0. The molecule has 28 heavy (non-hydrogen) atoms. The van der Waals surface area contributed by atoms with Crippen molar-refractivity contribution in [3.05, 3.63) is 53.1 Å². The molecule has 0 saturated carbocycles. The van der Waals surface area contributed by atoms with Gasteiger partial charge in [-0.1, -0.05) is 29.5 Å². The van der Waals surface area contributed by atoms with Crippen LogP contribution in [0.15, 0.2) is 35.5 Å². The molecule has 0 radical (unpaired) electrons. The second-order valence-corrected chi connectivity index (χ2v) is 7.30. The van der Waals surface area contributed by atoms with E-state index >= 15 is 0 Å². The fraction of sp³-hybridized carbons (Fsp3) is 0.222. The van der Waals surface area contributed by atoms with Crippen LogP contribution in [0.4, 0.5) is 17.6 Å². The lowest BCUT2D eigenvalue weighted by Crippen LogP contribution is -2.06. The number of nitrogens with two attached hydrogens (primary N) is 1. The fourth-order valence-corrected chi connectivity index (χ4v) is 3.34. The topological polar surface area (TPSA) is 120 Å². The van der Waals surface area contributed by atoms with Gasteiger partial charge in [0.05, 0.1) is 5.75 Å². The van der Waals surface area contributed by atoms with Crippen molar-refractivity contribution in [2.45, 2.75) is 31.7 Å². The molecule has 0 amide bonds. The molecule has 3 aromatic heterocycles. The predicted molar refractivity (Wildman–Crippen MR) is 109 cm³/mol. The Hall–Kier alpha value is -3.27. The normalized spacial score (nSPS) is 11.1. The molecule has 0 unspecified atom stereocenters. The maximum Gasteiger partial charge on any atom is 0.253 e. The molecule has 0 aliphatic rings. The monoisotopic (exact) mass is 393 g/mol. The number of nitrogens with one attached hydrogen (secondary N) is 1. The first-order valence-electron chi connectivity index (χ1n) is 8.64. The molecular weight excluding hydrogens is 374 g/mol. The van der Waals surface area contributed by atoms with Gasteiger partial charge >= 0.3 is 0 Å². The minimum atomic E-state index is 0.163. The van der Waals surface area contributed by atoms with Crippen LogP contribution in [0.1, 0.15) is 22.8 Å². The first-order valence-corrected chi connectivity index (χ1v) is 9.63. The lowest BCUT2D eigenvalue weighted by Gasteiger charge is -2.07. The average Bonchev–Trinajstić information content (AvgIpc) is 3.05. The zero-order chi connectivity index (χ0) is 19.7. The number of fused-ring (bicyclic) bond motifs is 1. The molecule has 142 valence electrons. The summed E-state index contributed by atoms with van der Waals surface area (Å²) in [6.07, 6.45) is 0. The lowest BCUT2D eigenvalue weighted by molar-refractivity contribution is 0.842. The molecule has 10 heteroatoms. The van der Waals surface area contributed by atoms with Crippen LogP contribution in [-0.2, 0) is 5.75 Å². The van der Waals surface area contributed by atoms with E-state index in [0.29, 0.717) is 28.5 Å². The van der Waals surface area contributed by atoms with Gasteiger partial charge in [0.25, 0.3) is 5.78 Å². The Bertz CT molecular complexity index is 1140. The third kappa shape index (κ3) is 4.01. The summed E-state index contributed by atoms with van der Waals surface area (Å²) in [6, 6.07) is 9.90. The highest BCUT2D eigenvalue weighted by atomic mass is 32.2. The van der Waals surface area contributed by atoms with Gasteiger partial charge in [0.2, 0.25) is 17.1 Å². The Morgan fingerprint density at radius 3 is 2.57 bits per heavy atom. The van der Waals surface area contributed by atoms with Crippen molar-refractivity contribution in [1.29, 1.82) is 0 Å². The number of aromatic nitrogens is 7. The molecule has 4 aromatic rings. The van der Waals surface area contributed by atoms with Crippen LogP contribution in [0.2, 0.25) is 0 Å². The van der Waals surface area contributed by atoms with E-state index in [4.69, 9.17) is 5.73 Å². The van der Waals surface area contributed by atoms with E-state index in [-0.39, 0.29) is 5.95 Å². The van der Waals surface area contributed by atoms with Crippen LogP contribution in [0.3, 0.4) is 0 Å². The largest absolute Gasteiger partial charge is 0.368 e. The smallest absolute Gasteiger partial charge is 0.253 e. The number of benzene rings is 1. The van der Waals surface area contributed by atoms with Gasteiger partial charge in [-0.2, -0.15) is 19.9 Å². The van der Waals surface area contributed by atoms with Gasteiger partial charge in [0.15, 0.2) is 0 Å². The molecule has 0 aliphatic carbocycles. The van der Waals surface area contributed by atoms with Crippen molar-refractivity contribution in [3.8, 4) is 0 Å². The number of thioether (sulfide) groups is 1. The van der Waals surface area contributed by atoms with Gasteiger partial charge in [0, 0.05) is 17.1 Å². The van der Waals surface area contributed by atoms with Crippen LogP contribution in [0.5, 0.6) is 0 Å². The molecular formula is C18H19N9S. The quantitative estimate of drug-likeness (QED) is 0.493. The summed E-state index contributed by atoms with van der Waals surface area (Å²) in [4.78, 5) is 21.7. The second-order valence-electron chi connectivity index (χ2n) is 6.36. The van der Waals surface area contributed by atoms with E-state index in [0.717, 1.165) is 17.1 Å². The predicted octanol–water partition coefficient (Wildman–Crippen LogP) is 2.85. The molecule has 4 rings (SSSR count). The van der Waals surface area contributed by atoms with Crippen molar-refractivity contribution in [2.75, 3.05) is 11.1 Å². The zero-order valence-corrected chi connectivity index (χ0v) is 16.5. The van der Waals surface area contributed by atoms with Crippen LogP contribution < -0.4 is 11.1 Å². The van der Waals surface area contributed by atoms with Crippen LogP contribution in [0, 0.1) is 20.8 Å². The highest BCUT2D eigenvalue weighted by Crippen LogP contribution is 2.20. The molecule has 0 fully saturated rings. The van der Waals surface area contributed by atoms with E-state index in [9.17, 15) is 0 Å². The van der Waals surface area contributed by atoms with Gasteiger partial charge in [-0.05, 0) is 39.0 Å². The van der Waals surface area contributed by atoms with E-state index < -0.39 is 0 Å². The van der Waals surface area contributed by atoms with E-state index in [2.05, 4.69) is 35.3 Å². The number of hydrogen-bond acceptors (Lipinski definition) is 9. The molecule has 0 spiro atoms. The van der Waals surface area contributed by atoms with Crippen LogP contribution in [-0.4, -0.2) is 34.5 Å². The van der Waals surface area contributed by atoms with Gasteiger partial charge in [-0.25, -0.2) is 9.50 Å². The summed E-state index contributed by atoms with van der Waals surface area (Å²) < 4.78 is 1.72. The summed E-state index contributed by atoms with van der Waals surface area (Å²) in [5, 5.41) is 8.23. The molecule has 9 nitrogen and oxygen atoms in total. The van der Waals surface area contributed by atoms with Gasteiger partial charge < -0.3 is 11.1 Å². The molecule has 1 aromatic carbocycles. The third-order valence-corrected chi connectivity index (χ3v) is 4.77. The molecule has 0 aliphatic heterocycles. The van der Waals surface area contributed by atoms with E-state index in [1.54, 1.807) is 4.52 Å². The summed E-state index contributed by atoms with van der Waals surface area (Å²) in [5.74, 6) is 2.16. The maximum atomic E-state index is 5.85. The minimum Gasteiger partial charge on any atom is -0.368 e. The Morgan fingerprint density at radius 2 is 1.79 bits per heavy atom. The Morgan fingerprint density at radius 1 is 1.00 bits per heavy atom. The van der Waals surface area contributed by atoms with E-state index in [1.807, 2.05) is 51.1 Å². The van der Waals surface area contributed by atoms with Crippen LogP contribution >= 0.6 is 11.8 Å². The van der Waals surface area contributed by atoms with E-state index in [1.165, 1.54) is 17.3 Å². The highest BCUT2D eigenvalue weighted by Gasteiger charge is 2.11. The number of nitrogens with zero attached hydrogens (tertiary/aromatic N) is 7. The van der Waals surface area contributed by atoms with Crippen molar-refractivity contribution >= 4 is 35.1 Å². The van der Waals surface area contributed by atoms with Gasteiger partial charge in [-0.15, -0.1) is 5.10 Å². The first-order chi connectivity index (χ1) is 13.5. The minimum absolute atomic E-state index is 0.163. The SMILES string of the molecule is Cc1ccc(Nc2nc(N)nc(CSc3nc4nc(C)cc(C)n4n3)n2)cc1. The molecule has 0 bridgehead atoms. The summed E-state index contributed by atoms with van der Waals surface area (Å²) in [6.45, 7) is 5.94. The Labute approximate surface area is 165 Å². The average molecular weight is 393 g/mol. The number of nitrogen functional groups attached to an aromatic ring is 1. The number of hydrogen-bond donors (Lipinski definition) is 2. The lowest BCUT2D eigenvalue weighted by atomic mass is 10.2. The highest BCUT2D eigenvalue weighted by molar-refractivity contribution is 7.98. The van der Waals surface area contributed by atoms with Crippen molar-refractivity contribution in [3.63, 3.8) is 0 Å². The Kier molecular flexibility index (Phi) is 4.78. The van der Waals surface area contributed by atoms with Crippen LogP contribution in [0.25, 0.3) is 5.78 Å². The molecule has 3 N–H and O–H groups in total. The third-order valence-electron chi connectivity index (χ3n) is 3.94. The zero-order valence-electron chi connectivity index (χ0n) is 15.7. The number of rotatable bonds is 5. The number of aryl methyl sites for hydroxylation is 3. The Balaban J connectivity index is 1.51. The number of anilines is 3. The van der Waals surface area contributed by atoms with Crippen molar-refractivity contribution in [1.82, 2.24) is 34.5 Å². The molecule has 3 heterocycles. The molecule has 0 saturated heterocycles. The summed E-state index contributed by atoms with van der Waals surface area (Å²) in [5.41, 5.74) is 9.80. The van der Waals surface area contributed by atoms with Crippen molar-refractivity contribution in [2.24, 2.45) is 0 Å². The fourth-order valence-electron chi connectivity index (χ4n) is 2.66. The standard InChI is InChI=1S/C18H19N9S/c1-10-4-6-13(7-5-10)21-16-23-14(22-15(19)24-16)9-28-18-25-17-20-11(2)8-12(3)27(17)26-18/h4-8H,9H2,1-3H3,(H3,19,21,22,23,24). The van der Waals surface area contributed by atoms with Gasteiger partial charge in [0.1, 0.15) is 5.82 Å². The first kappa shape index (κ1) is 18.1. The van der Waals surface area contributed by atoms with Gasteiger partial charge in [-0.3, -0.25) is 0 Å². The van der Waals surface area contributed by atoms with Crippen molar-refractivity contribution < 1.29 is 0 Å². The second kappa shape index (κ2) is 7.39. The maximum absolute atomic E-state index is 5.85. The summed E-state index contributed by atoms with van der Waals surface area (Å²) >= 11 is 1.42.